The third-order valence-electron chi connectivity index (χ3n) is 4.86. The third-order valence-corrected chi connectivity index (χ3v) is 4.86. The van der Waals surface area contributed by atoms with E-state index < -0.39 is 0 Å². The van der Waals surface area contributed by atoms with E-state index in [9.17, 15) is 5.11 Å². The third kappa shape index (κ3) is 6.40. The summed E-state index contributed by atoms with van der Waals surface area (Å²) in [6.45, 7) is 4.48. The maximum Gasteiger partial charge on any atom is 0.169 e. The Morgan fingerprint density at radius 1 is 0.692 bits per heavy atom. The maximum absolute atomic E-state index is 10.0. The largest absolute Gasteiger partial charge is 0.504 e. The first-order chi connectivity index (χ1) is 12.8. The molecule has 0 heterocycles. The van der Waals surface area contributed by atoms with Crippen molar-refractivity contribution in [3.05, 3.63) is 53.6 Å². The number of ether oxygens (including phenoxy) is 1. The molecule has 26 heavy (non-hydrogen) atoms. The molecular weight excluding hydrogens is 320 g/mol. The van der Waals surface area contributed by atoms with Crippen LogP contribution in [-0.2, 0) is 12.8 Å². The predicted octanol–water partition coefficient (Wildman–Crippen LogP) is 7.43. The molecule has 0 atom stereocenters. The van der Waals surface area contributed by atoms with Gasteiger partial charge in [0.05, 0.1) is 0 Å². The summed E-state index contributed by atoms with van der Waals surface area (Å²) in [6, 6.07) is 13.5. The number of aromatic hydroxyl groups is 1. The van der Waals surface area contributed by atoms with Crippen LogP contribution in [0.25, 0.3) is 0 Å². The summed E-state index contributed by atoms with van der Waals surface area (Å²) >= 11 is 0. The molecule has 0 aliphatic rings. The first-order valence-corrected chi connectivity index (χ1v) is 10.3. The molecule has 2 rings (SSSR count). The Morgan fingerprint density at radius 3 is 2.12 bits per heavy atom. The van der Waals surface area contributed by atoms with Gasteiger partial charge in [-0.05, 0) is 48.6 Å². The molecule has 0 saturated carbocycles. The molecule has 142 valence electrons. The number of hydrogen-bond acceptors (Lipinski definition) is 2. The average molecular weight is 355 g/mol. The standard InChI is InChI=1S/C24H34O2/c1-3-5-6-7-8-9-10-16-21-20(14-4-2)15-13-19-23(21)26-24-18-12-11-17-22(24)25/h11-13,15,17-19,25H,3-10,14,16H2,1-2H3. The van der Waals surface area contributed by atoms with Crippen molar-refractivity contribution in [2.75, 3.05) is 0 Å². The number of hydrogen-bond donors (Lipinski definition) is 1. The summed E-state index contributed by atoms with van der Waals surface area (Å²) in [5.74, 6) is 1.61. The molecule has 0 radical (unpaired) electrons. The van der Waals surface area contributed by atoms with Crippen LogP contribution in [0.15, 0.2) is 42.5 Å². The lowest BCUT2D eigenvalue weighted by molar-refractivity contribution is 0.408. The molecule has 2 aromatic carbocycles. The van der Waals surface area contributed by atoms with Gasteiger partial charge in [-0.25, -0.2) is 0 Å². The van der Waals surface area contributed by atoms with Crippen LogP contribution in [0.2, 0.25) is 0 Å². The molecule has 1 N–H and O–H groups in total. The van der Waals surface area contributed by atoms with Gasteiger partial charge in [0.2, 0.25) is 0 Å². The van der Waals surface area contributed by atoms with Gasteiger partial charge in [-0.2, -0.15) is 0 Å². The van der Waals surface area contributed by atoms with Crippen molar-refractivity contribution < 1.29 is 9.84 Å². The van der Waals surface area contributed by atoms with Crippen molar-refractivity contribution >= 4 is 0 Å². The van der Waals surface area contributed by atoms with Gasteiger partial charge in [-0.15, -0.1) is 0 Å². The summed E-state index contributed by atoms with van der Waals surface area (Å²) in [7, 11) is 0. The van der Waals surface area contributed by atoms with Crippen molar-refractivity contribution in [3.8, 4) is 17.2 Å². The lowest BCUT2D eigenvalue weighted by atomic mass is 9.96. The summed E-state index contributed by atoms with van der Waals surface area (Å²) in [5.41, 5.74) is 2.69. The van der Waals surface area contributed by atoms with Crippen LogP contribution in [0, 0.1) is 0 Å². The Morgan fingerprint density at radius 2 is 1.38 bits per heavy atom. The van der Waals surface area contributed by atoms with Gasteiger partial charge in [-0.3, -0.25) is 0 Å². The number of unbranched alkanes of at least 4 members (excludes halogenated alkanes) is 6. The van der Waals surface area contributed by atoms with Gasteiger partial charge in [0.25, 0.3) is 0 Å². The van der Waals surface area contributed by atoms with E-state index >= 15 is 0 Å². The van der Waals surface area contributed by atoms with E-state index in [1.165, 1.54) is 56.1 Å². The number of aryl methyl sites for hydroxylation is 1. The Kier molecular flexibility index (Phi) is 9.09. The number of phenolic OH excluding ortho intramolecular Hbond substituents is 1. The van der Waals surface area contributed by atoms with Crippen LogP contribution in [0.4, 0.5) is 0 Å². The number of benzene rings is 2. The minimum atomic E-state index is 0.190. The van der Waals surface area contributed by atoms with E-state index in [1.54, 1.807) is 6.07 Å². The second-order valence-corrected chi connectivity index (χ2v) is 7.08. The average Bonchev–Trinajstić information content (AvgIpc) is 2.65. The molecular formula is C24H34O2. The summed E-state index contributed by atoms with van der Waals surface area (Å²) in [5, 5.41) is 10.0. The van der Waals surface area contributed by atoms with Crippen LogP contribution < -0.4 is 4.74 Å². The molecule has 0 spiro atoms. The first kappa shape index (κ1) is 20.4. The van der Waals surface area contributed by atoms with Gasteiger partial charge in [-0.1, -0.05) is 83.1 Å². The predicted molar refractivity (Wildman–Crippen MR) is 110 cm³/mol. The number of phenols is 1. The van der Waals surface area contributed by atoms with Gasteiger partial charge in [0.1, 0.15) is 5.75 Å². The van der Waals surface area contributed by atoms with Crippen LogP contribution in [0.1, 0.15) is 76.3 Å². The minimum Gasteiger partial charge on any atom is -0.504 e. The zero-order valence-electron chi connectivity index (χ0n) is 16.5. The number of para-hydroxylation sites is 2. The second kappa shape index (κ2) is 11.6. The van der Waals surface area contributed by atoms with Crippen molar-refractivity contribution in [1.82, 2.24) is 0 Å². The van der Waals surface area contributed by atoms with Gasteiger partial charge >= 0.3 is 0 Å². The molecule has 2 aromatic rings. The highest BCUT2D eigenvalue weighted by atomic mass is 16.5. The Hall–Kier alpha value is -1.96. The van der Waals surface area contributed by atoms with E-state index in [0.29, 0.717) is 5.75 Å². The molecule has 0 aliphatic heterocycles. The van der Waals surface area contributed by atoms with Gasteiger partial charge in [0, 0.05) is 0 Å². The molecule has 0 saturated heterocycles. The zero-order chi connectivity index (χ0) is 18.6. The highest BCUT2D eigenvalue weighted by Gasteiger charge is 2.11. The molecule has 0 fully saturated rings. The minimum absolute atomic E-state index is 0.190. The fourth-order valence-electron chi connectivity index (χ4n) is 3.41. The van der Waals surface area contributed by atoms with Crippen LogP contribution in [0.3, 0.4) is 0 Å². The highest BCUT2D eigenvalue weighted by molar-refractivity contribution is 5.46. The Bertz CT molecular complexity index is 648. The molecule has 0 unspecified atom stereocenters. The van der Waals surface area contributed by atoms with Crippen molar-refractivity contribution in [2.24, 2.45) is 0 Å². The van der Waals surface area contributed by atoms with E-state index in [1.807, 2.05) is 24.3 Å². The molecule has 2 heteroatoms. The fraction of sp³-hybridized carbons (Fsp3) is 0.500. The molecule has 0 bridgehead atoms. The van der Waals surface area contributed by atoms with Crippen LogP contribution in [-0.4, -0.2) is 5.11 Å². The molecule has 0 aliphatic carbocycles. The topological polar surface area (TPSA) is 29.5 Å². The van der Waals surface area contributed by atoms with Crippen LogP contribution in [0.5, 0.6) is 17.2 Å². The SMILES string of the molecule is CCCCCCCCCc1c(CCC)cccc1Oc1ccccc1O. The lowest BCUT2D eigenvalue weighted by Gasteiger charge is -2.16. The normalized spacial score (nSPS) is 10.8. The van der Waals surface area contributed by atoms with Gasteiger partial charge < -0.3 is 9.84 Å². The second-order valence-electron chi connectivity index (χ2n) is 7.08. The lowest BCUT2D eigenvalue weighted by Crippen LogP contribution is -1.99. The van der Waals surface area contributed by atoms with Gasteiger partial charge in [0.15, 0.2) is 11.5 Å². The molecule has 2 nitrogen and oxygen atoms in total. The molecule has 0 aromatic heterocycles. The van der Waals surface area contributed by atoms with E-state index in [-0.39, 0.29) is 5.75 Å². The Balaban J connectivity index is 2.03. The quantitative estimate of drug-likeness (QED) is 0.402. The summed E-state index contributed by atoms with van der Waals surface area (Å²) in [4.78, 5) is 0. The van der Waals surface area contributed by atoms with E-state index in [0.717, 1.165) is 25.0 Å². The van der Waals surface area contributed by atoms with Crippen LogP contribution >= 0.6 is 0 Å². The van der Waals surface area contributed by atoms with Crippen molar-refractivity contribution in [3.63, 3.8) is 0 Å². The highest BCUT2D eigenvalue weighted by Crippen LogP contribution is 2.34. The monoisotopic (exact) mass is 354 g/mol. The Labute approximate surface area is 159 Å². The van der Waals surface area contributed by atoms with Crippen molar-refractivity contribution in [2.45, 2.75) is 78.1 Å². The van der Waals surface area contributed by atoms with E-state index in [2.05, 4.69) is 26.0 Å². The number of rotatable bonds is 12. The maximum atomic E-state index is 10.0. The fourth-order valence-corrected chi connectivity index (χ4v) is 3.41. The van der Waals surface area contributed by atoms with E-state index in [4.69, 9.17) is 4.74 Å². The molecule has 0 amide bonds. The first-order valence-electron chi connectivity index (χ1n) is 10.3. The summed E-state index contributed by atoms with van der Waals surface area (Å²) in [6.07, 6.45) is 12.4. The smallest absolute Gasteiger partial charge is 0.169 e. The van der Waals surface area contributed by atoms with Crippen molar-refractivity contribution in [1.29, 1.82) is 0 Å². The zero-order valence-corrected chi connectivity index (χ0v) is 16.5. The summed E-state index contributed by atoms with van der Waals surface area (Å²) < 4.78 is 6.09.